The first-order valence-electron chi connectivity index (χ1n) is 11.0. The quantitative estimate of drug-likeness (QED) is 0.250. The van der Waals surface area contributed by atoms with E-state index in [4.69, 9.17) is 15.2 Å². The highest BCUT2D eigenvalue weighted by atomic mass is 16.6. The van der Waals surface area contributed by atoms with Gasteiger partial charge in [0.15, 0.2) is 12.1 Å². The fraction of sp³-hybridized carbons (Fsp3) is 0.810. The predicted octanol–water partition coefficient (Wildman–Crippen LogP) is 1.19. The van der Waals surface area contributed by atoms with Crippen LogP contribution in [0, 0.1) is 17.3 Å². The van der Waals surface area contributed by atoms with Gasteiger partial charge in [-0.25, -0.2) is 9.86 Å². The number of nitrogens with two attached hydrogens (primary N) is 1. The molecule has 3 rings (SSSR count). The number of ether oxygens (including phenoxy) is 2. The zero-order chi connectivity index (χ0) is 22.8. The fourth-order valence-electron chi connectivity index (χ4n) is 5.47. The van der Waals surface area contributed by atoms with Crippen molar-refractivity contribution in [3.05, 3.63) is 0 Å². The van der Waals surface area contributed by atoms with E-state index in [1.165, 1.54) is 0 Å². The van der Waals surface area contributed by atoms with Gasteiger partial charge in [0.2, 0.25) is 6.41 Å². The molecule has 2 saturated heterocycles. The number of hydrogen-bond acceptors (Lipinski definition) is 7. The highest BCUT2D eigenvalue weighted by Gasteiger charge is 2.67. The van der Waals surface area contributed by atoms with E-state index in [-0.39, 0.29) is 38.6 Å². The van der Waals surface area contributed by atoms with Gasteiger partial charge in [0.25, 0.3) is 5.91 Å². The number of primary amides is 1. The monoisotopic (exact) mass is 440 g/mol. The summed E-state index contributed by atoms with van der Waals surface area (Å²) in [6, 6.07) is -1.09. The zero-order valence-electron chi connectivity index (χ0n) is 18.3. The van der Waals surface area contributed by atoms with Crippen LogP contribution in [0.2, 0.25) is 0 Å². The zero-order valence-corrected chi connectivity index (χ0v) is 18.3. The molecule has 0 radical (unpaired) electrons. The average Bonchev–Trinajstić information content (AvgIpc) is 3.28. The Bertz CT molecular complexity index is 718. The van der Waals surface area contributed by atoms with E-state index in [1.807, 2.05) is 13.8 Å². The molecule has 0 spiro atoms. The number of rotatable bonds is 8. The Hall–Kier alpha value is -2.04. The number of hydroxylamine groups is 2. The standard InChI is InChI=1S/C21H33N3O7/c1-21(2)7-8-24(17(21)18(22)26,20(28)31-16-11-30-12-16)19(27)15(10-23(29)13-25)9-14-5-3-4-6-14/h13-17,29H,3-12H2,1-2H3,(H-,22,26)/p+1/t15-,17-,24?/m1/s1. The minimum absolute atomic E-state index is 0.0829. The second kappa shape index (κ2) is 9.22. The van der Waals surface area contributed by atoms with Crippen molar-refractivity contribution in [3.63, 3.8) is 0 Å². The lowest BCUT2D eigenvalue weighted by atomic mass is 9.83. The minimum atomic E-state index is -1.09. The van der Waals surface area contributed by atoms with E-state index in [0.717, 1.165) is 25.7 Å². The number of imide groups is 1. The van der Waals surface area contributed by atoms with E-state index in [0.29, 0.717) is 17.9 Å². The van der Waals surface area contributed by atoms with Gasteiger partial charge in [0, 0.05) is 11.8 Å². The molecule has 174 valence electrons. The molecule has 3 N–H and O–H groups in total. The van der Waals surface area contributed by atoms with Gasteiger partial charge >= 0.3 is 12.0 Å². The minimum Gasteiger partial charge on any atom is -0.411 e. The first-order valence-corrected chi connectivity index (χ1v) is 11.0. The smallest absolute Gasteiger partial charge is 0.411 e. The van der Waals surface area contributed by atoms with E-state index in [2.05, 4.69) is 0 Å². The Kier molecular flexibility index (Phi) is 7.02. The molecule has 3 atom stereocenters. The Balaban J connectivity index is 1.98. The molecule has 31 heavy (non-hydrogen) atoms. The van der Waals surface area contributed by atoms with Crippen LogP contribution in [0.15, 0.2) is 0 Å². The molecule has 2 aliphatic heterocycles. The van der Waals surface area contributed by atoms with E-state index in [9.17, 15) is 24.4 Å². The summed E-state index contributed by atoms with van der Waals surface area (Å²) in [6.45, 7) is 3.94. The van der Waals surface area contributed by atoms with E-state index < -0.39 is 45.9 Å². The van der Waals surface area contributed by atoms with Gasteiger partial charge in [-0.3, -0.25) is 14.8 Å². The maximum Gasteiger partial charge on any atom is 0.524 e. The maximum absolute atomic E-state index is 14.0. The summed E-state index contributed by atoms with van der Waals surface area (Å²) in [5.41, 5.74) is 5.04. The van der Waals surface area contributed by atoms with Crippen molar-refractivity contribution >= 4 is 24.3 Å². The van der Waals surface area contributed by atoms with Crippen molar-refractivity contribution in [2.24, 2.45) is 23.0 Å². The van der Waals surface area contributed by atoms with E-state index >= 15 is 0 Å². The van der Waals surface area contributed by atoms with Gasteiger partial charge in [-0.15, -0.1) is 4.48 Å². The number of quaternary nitrogens is 1. The molecule has 2 heterocycles. The maximum atomic E-state index is 14.0. The van der Waals surface area contributed by atoms with Crippen molar-refractivity contribution < 1.29 is 38.3 Å². The van der Waals surface area contributed by atoms with Crippen LogP contribution >= 0.6 is 0 Å². The Morgan fingerprint density at radius 2 is 1.94 bits per heavy atom. The topological polar surface area (TPSA) is 136 Å². The SMILES string of the molecule is CC1(C)CC[N+](C(=O)OC2COC2)(C(=O)[C@H](CC2CCCC2)CN(O)C=O)[C@@H]1C(N)=O. The first kappa shape index (κ1) is 23.6. The average molecular weight is 441 g/mol. The molecule has 1 aliphatic carbocycles. The molecule has 4 amide bonds. The van der Waals surface area contributed by atoms with Crippen LogP contribution in [0.5, 0.6) is 0 Å². The molecule has 0 bridgehead atoms. The number of carbonyl (C=O) groups is 4. The molecular formula is C21H34N3O7+. The molecule has 1 unspecified atom stereocenters. The predicted molar refractivity (Wildman–Crippen MR) is 107 cm³/mol. The largest absolute Gasteiger partial charge is 0.524 e. The summed E-state index contributed by atoms with van der Waals surface area (Å²) in [5.74, 6) is -1.83. The lowest BCUT2D eigenvalue weighted by molar-refractivity contribution is -0.792. The summed E-state index contributed by atoms with van der Waals surface area (Å²) in [4.78, 5) is 51.1. The van der Waals surface area contributed by atoms with Crippen LogP contribution in [0.3, 0.4) is 0 Å². The van der Waals surface area contributed by atoms with Crippen molar-refractivity contribution in [1.29, 1.82) is 0 Å². The second-order valence-corrected chi connectivity index (χ2v) is 9.83. The van der Waals surface area contributed by atoms with Gasteiger partial charge < -0.3 is 15.2 Å². The van der Waals surface area contributed by atoms with E-state index in [1.54, 1.807) is 0 Å². The number of amides is 4. The number of nitrogens with zero attached hydrogens (tertiary/aromatic N) is 2. The molecule has 0 aromatic carbocycles. The van der Waals surface area contributed by atoms with Gasteiger partial charge in [0.1, 0.15) is 0 Å². The van der Waals surface area contributed by atoms with Gasteiger partial charge in [-0.1, -0.05) is 39.5 Å². The van der Waals surface area contributed by atoms with Crippen molar-refractivity contribution in [2.45, 2.75) is 64.5 Å². The first-order chi connectivity index (χ1) is 14.6. The van der Waals surface area contributed by atoms with Gasteiger partial charge in [0.05, 0.1) is 32.2 Å². The molecular weight excluding hydrogens is 406 g/mol. The number of hydrogen-bond donors (Lipinski definition) is 2. The molecule has 0 aromatic heterocycles. The lowest BCUT2D eigenvalue weighted by Gasteiger charge is -2.39. The van der Waals surface area contributed by atoms with Gasteiger partial charge in [-0.2, -0.15) is 4.79 Å². The third-order valence-corrected chi connectivity index (χ3v) is 7.12. The Morgan fingerprint density at radius 1 is 1.29 bits per heavy atom. The van der Waals surface area contributed by atoms with Crippen LogP contribution in [0.25, 0.3) is 0 Å². The van der Waals surface area contributed by atoms with Crippen molar-refractivity contribution in [2.75, 3.05) is 26.3 Å². The number of carbonyl (C=O) groups excluding carboxylic acids is 4. The third kappa shape index (κ3) is 4.61. The summed E-state index contributed by atoms with van der Waals surface area (Å²) in [5, 5.41) is 10.3. The Labute approximate surface area is 182 Å². The fourth-order valence-corrected chi connectivity index (χ4v) is 5.47. The number of likely N-dealkylation sites (tertiary alicyclic amines) is 1. The van der Waals surface area contributed by atoms with Gasteiger partial charge in [-0.05, 0) is 12.3 Å². The highest BCUT2D eigenvalue weighted by molar-refractivity contribution is 5.90. The molecule has 10 heteroatoms. The molecule has 1 saturated carbocycles. The second-order valence-electron chi connectivity index (χ2n) is 9.83. The lowest BCUT2D eigenvalue weighted by Crippen LogP contribution is -2.68. The molecule has 3 fully saturated rings. The summed E-state index contributed by atoms with van der Waals surface area (Å²) in [7, 11) is 0. The van der Waals surface area contributed by atoms with Crippen LogP contribution < -0.4 is 5.73 Å². The molecule has 10 nitrogen and oxygen atoms in total. The molecule has 0 aromatic rings. The van der Waals surface area contributed by atoms with Crippen molar-refractivity contribution in [3.8, 4) is 0 Å². The summed E-state index contributed by atoms with van der Waals surface area (Å²) < 4.78 is 9.79. The molecule has 3 aliphatic rings. The van der Waals surface area contributed by atoms with Crippen molar-refractivity contribution in [1.82, 2.24) is 5.06 Å². The Morgan fingerprint density at radius 3 is 2.45 bits per heavy atom. The van der Waals surface area contributed by atoms with Crippen LogP contribution in [-0.2, 0) is 23.9 Å². The summed E-state index contributed by atoms with van der Waals surface area (Å²) in [6.07, 6.45) is 3.83. The normalized spacial score (nSPS) is 29.2. The van der Waals surface area contributed by atoms with Crippen LogP contribution in [-0.4, -0.2) is 77.5 Å². The van der Waals surface area contributed by atoms with Crippen LogP contribution in [0.4, 0.5) is 4.79 Å². The third-order valence-electron chi connectivity index (χ3n) is 7.12. The highest BCUT2D eigenvalue weighted by Crippen LogP contribution is 2.45. The summed E-state index contributed by atoms with van der Waals surface area (Å²) >= 11 is 0. The van der Waals surface area contributed by atoms with Crippen LogP contribution in [0.1, 0.15) is 52.4 Å².